The zero-order chi connectivity index (χ0) is 11.5. The van der Waals surface area contributed by atoms with Crippen LogP contribution in [0.1, 0.15) is 6.92 Å². The van der Waals surface area contributed by atoms with Crippen LogP contribution in [0.25, 0.3) is 11.5 Å². The lowest BCUT2D eigenvalue weighted by Gasteiger charge is -2.04. The van der Waals surface area contributed by atoms with Crippen molar-refractivity contribution in [2.75, 3.05) is 12.3 Å². The van der Waals surface area contributed by atoms with Crippen LogP contribution in [-0.4, -0.2) is 16.8 Å². The van der Waals surface area contributed by atoms with Crippen LogP contribution in [0.15, 0.2) is 22.6 Å². The topological polar surface area (TPSA) is 74.2 Å². The van der Waals surface area contributed by atoms with Gasteiger partial charge in [-0.05, 0) is 25.1 Å². The van der Waals surface area contributed by atoms with Crippen LogP contribution in [0.4, 0.5) is 10.4 Å². The van der Waals surface area contributed by atoms with Gasteiger partial charge in [0.05, 0.1) is 6.61 Å². The first-order chi connectivity index (χ1) is 7.70. The molecule has 0 saturated carbocycles. The molecule has 6 heteroatoms. The van der Waals surface area contributed by atoms with Gasteiger partial charge >= 0.3 is 6.01 Å². The van der Waals surface area contributed by atoms with Gasteiger partial charge in [0.25, 0.3) is 0 Å². The number of ether oxygens (including phenoxy) is 1. The minimum Gasteiger partial charge on any atom is -0.491 e. The zero-order valence-corrected chi connectivity index (χ0v) is 8.61. The summed E-state index contributed by atoms with van der Waals surface area (Å²) in [6.07, 6.45) is 0. The van der Waals surface area contributed by atoms with Gasteiger partial charge in [0.1, 0.15) is 0 Å². The van der Waals surface area contributed by atoms with Crippen LogP contribution in [0.2, 0.25) is 0 Å². The highest BCUT2D eigenvalue weighted by atomic mass is 19.1. The molecule has 0 atom stereocenters. The van der Waals surface area contributed by atoms with Crippen molar-refractivity contribution >= 4 is 6.01 Å². The molecule has 2 N–H and O–H groups in total. The zero-order valence-electron chi connectivity index (χ0n) is 8.61. The second-order valence-corrected chi connectivity index (χ2v) is 3.02. The van der Waals surface area contributed by atoms with E-state index >= 15 is 0 Å². The average Bonchev–Trinajstić information content (AvgIpc) is 2.68. The van der Waals surface area contributed by atoms with Crippen molar-refractivity contribution in [3.63, 3.8) is 0 Å². The van der Waals surface area contributed by atoms with Crippen molar-refractivity contribution in [3.8, 4) is 17.2 Å². The Bertz CT molecular complexity index is 499. The molecule has 0 bridgehead atoms. The van der Waals surface area contributed by atoms with E-state index in [1.807, 2.05) is 0 Å². The molecule has 0 aliphatic carbocycles. The Morgan fingerprint density at radius 1 is 1.44 bits per heavy atom. The van der Waals surface area contributed by atoms with E-state index in [1.165, 1.54) is 12.1 Å². The van der Waals surface area contributed by atoms with Crippen molar-refractivity contribution in [1.29, 1.82) is 0 Å². The molecule has 0 saturated heterocycles. The van der Waals surface area contributed by atoms with E-state index in [0.29, 0.717) is 12.2 Å². The fourth-order valence-corrected chi connectivity index (χ4v) is 1.26. The van der Waals surface area contributed by atoms with E-state index in [9.17, 15) is 4.39 Å². The molecule has 2 aromatic rings. The number of nitrogen functional groups attached to an aromatic ring is 1. The molecule has 0 spiro atoms. The molecule has 0 amide bonds. The number of nitrogens with two attached hydrogens (primary N) is 1. The van der Waals surface area contributed by atoms with Gasteiger partial charge in [-0.2, -0.15) is 0 Å². The maximum atomic E-state index is 13.5. The first-order valence-electron chi connectivity index (χ1n) is 4.72. The Hall–Kier alpha value is -2.11. The van der Waals surface area contributed by atoms with Gasteiger partial charge in [0.15, 0.2) is 11.6 Å². The third-order valence-electron chi connectivity index (χ3n) is 1.92. The van der Waals surface area contributed by atoms with Gasteiger partial charge in [0.2, 0.25) is 5.89 Å². The van der Waals surface area contributed by atoms with Crippen LogP contribution in [0, 0.1) is 5.82 Å². The molecule has 1 aromatic heterocycles. The van der Waals surface area contributed by atoms with Crippen LogP contribution in [0.3, 0.4) is 0 Å². The lowest BCUT2D eigenvalue weighted by atomic mass is 10.2. The van der Waals surface area contributed by atoms with E-state index < -0.39 is 5.82 Å². The fourth-order valence-electron chi connectivity index (χ4n) is 1.26. The molecule has 0 radical (unpaired) electrons. The van der Waals surface area contributed by atoms with Crippen molar-refractivity contribution < 1.29 is 13.5 Å². The molecular formula is C10H10FN3O2. The Labute approximate surface area is 91.0 Å². The SMILES string of the molecule is CCOc1ccc(-c2nnc(N)o2)cc1F. The standard InChI is InChI=1S/C10H10FN3O2/c1-2-15-8-4-3-6(5-7(8)11)9-13-14-10(12)16-9/h3-5H,2H2,1H3,(H2,12,14). The molecule has 2 rings (SSSR count). The lowest BCUT2D eigenvalue weighted by Crippen LogP contribution is -1.94. The van der Waals surface area contributed by atoms with Gasteiger partial charge in [-0.15, -0.1) is 5.10 Å². The third-order valence-corrected chi connectivity index (χ3v) is 1.92. The molecular weight excluding hydrogens is 213 g/mol. The lowest BCUT2D eigenvalue weighted by molar-refractivity contribution is 0.321. The summed E-state index contributed by atoms with van der Waals surface area (Å²) in [4.78, 5) is 0. The predicted molar refractivity (Wildman–Crippen MR) is 55.3 cm³/mol. The summed E-state index contributed by atoms with van der Waals surface area (Å²) < 4.78 is 23.5. The number of benzene rings is 1. The minimum atomic E-state index is -0.476. The first kappa shape index (κ1) is 10.4. The summed E-state index contributed by atoms with van der Waals surface area (Å²) in [6, 6.07) is 4.34. The van der Waals surface area contributed by atoms with Crippen molar-refractivity contribution in [2.24, 2.45) is 0 Å². The summed E-state index contributed by atoms with van der Waals surface area (Å²) in [7, 11) is 0. The number of rotatable bonds is 3. The van der Waals surface area contributed by atoms with Gasteiger partial charge in [-0.3, -0.25) is 0 Å². The monoisotopic (exact) mass is 223 g/mol. The quantitative estimate of drug-likeness (QED) is 0.859. The van der Waals surface area contributed by atoms with Crippen molar-refractivity contribution in [2.45, 2.75) is 6.92 Å². The second-order valence-electron chi connectivity index (χ2n) is 3.02. The summed E-state index contributed by atoms with van der Waals surface area (Å²) in [5, 5.41) is 7.14. The first-order valence-corrected chi connectivity index (χ1v) is 4.72. The maximum Gasteiger partial charge on any atom is 0.313 e. The molecule has 0 unspecified atom stereocenters. The Morgan fingerprint density at radius 2 is 2.25 bits per heavy atom. The van der Waals surface area contributed by atoms with Gasteiger partial charge in [0, 0.05) is 5.56 Å². The summed E-state index contributed by atoms with van der Waals surface area (Å²) in [6.45, 7) is 2.19. The fraction of sp³-hybridized carbons (Fsp3) is 0.200. The second kappa shape index (κ2) is 4.18. The molecule has 84 valence electrons. The molecule has 0 aliphatic rings. The Balaban J connectivity index is 2.34. The number of hydrogen-bond acceptors (Lipinski definition) is 5. The van der Waals surface area contributed by atoms with Crippen molar-refractivity contribution in [3.05, 3.63) is 24.0 Å². The largest absolute Gasteiger partial charge is 0.491 e. The molecule has 0 aliphatic heterocycles. The van der Waals surface area contributed by atoms with Crippen molar-refractivity contribution in [1.82, 2.24) is 10.2 Å². The highest BCUT2D eigenvalue weighted by molar-refractivity contribution is 5.55. The highest BCUT2D eigenvalue weighted by Crippen LogP contribution is 2.25. The van der Waals surface area contributed by atoms with Crippen LogP contribution in [-0.2, 0) is 0 Å². The number of halogens is 1. The molecule has 1 aromatic carbocycles. The van der Waals surface area contributed by atoms with E-state index in [0.717, 1.165) is 0 Å². The Kier molecular flexibility index (Phi) is 2.72. The van der Waals surface area contributed by atoms with E-state index in [1.54, 1.807) is 13.0 Å². The van der Waals surface area contributed by atoms with Gasteiger partial charge < -0.3 is 14.9 Å². The Morgan fingerprint density at radius 3 is 2.81 bits per heavy atom. The number of hydrogen-bond donors (Lipinski definition) is 1. The van der Waals surface area contributed by atoms with Gasteiger partial charge in [-0.25, -0.2) is 4.39 Å². The van der Waals surface area contributed by atoms with Gasteiger partial charge in [-0.1, -0.05) is 5.10 Å². The van der Waals surface area contributed by atoms with Crippen LogP contribution >= 0.6 is 0 Å². The van der Waals surface area contributed by atoms with E-state index in [4.69, 9.17) is 14.9 Å². The van der Waals surface area contributed by atoms with Crippen LogP contribution < -0.4 is 10.5 Å². The minimum absolute atomic E-state index is 0.0516. The summed E-state index contributed by atoms with van der Waals surface area (Å²) in [5.41, 5.74) is 5.74. The van der Waals surface area contributed by atoms with E-state index in [-0.39, 0.29) is 17.7 Å². The number of aromatic nitrogens is 2. The molecule has 1 heterocycles. The predicted octanol–water partition coefficient (Wildman–Crippen LogP) is 1.86. The highest BCUT2D eigenvalue weighted by Gasteiger charge is 2.10. The third kappa shape index (κ3) is 1.95. The summed E-state index contributed by atoms with van der Waals surface area (Å²) in [5.74, 6) is -0.102. The molecule has 0 fully saturated rings. The van der Waals surface area contributed by atoms with Crippen LogP contribution in [0.5, 0.6) is 5.75 Å². The average molecular weight is 223 g/mol. The normalized spacial score (nSPS) is 10.4. The molecule has 16 heavy (non-hydrogen) atoms. The smallest absolute Gasteiger partial charge is 0.313 e. The molecule has 5 nitrogen and oxygen atoms in total. The number of nitrogens with zero attached hydrogens (tertiary/aromatic N) is 2. The summed E-state index contributed by atoms with van der Waals surface area (Å²) >= 11 is 0. The van der Waals surface area contributed by atoms with E-state index in [2.05, 4.69) is 10.2 Å². The number of anilines is 1. The maximum absolute atomic E-state index is 13.5.